The Bertz CT molecular complexity index is 944. The minimum atomic E-state index is -4.35. The molecule has 2 aliphatic rings. The summed E-state index contributed by atoms with van der Waals surface area (Å²) >= 11 is 0. The van der Waals surface area contributed by atoms with Crippen molar-refractivity contribution in [2.75, 3.05) is 44.4 Å². The number of aliphatic hydroxyl groups is 1. The highest BCUT2D eigenvalue weighted by atomic mass is 32.2. The van der Waals surface area contributed by atoms with E-state index in [1.54, 1.807) is 12.1 Å². The molecule has 0 bridgehead atoms. The number of sulfone groups is 1. The van der Waals surface area contributed by atoms with Gasteiger partial charge in [0.25, 0.3) is 0 Å². The van der Waals surface area contributed by atoms with Crippen molar-refractivity contribution in [3.8, 4) is 0 Å². The standard InChI is InChI=1S/C24H37F3N2O4S/c1-17(2)21-15-28(20-6-5-19(16-30)22(13-20)34(4,31)32)11-12-29(21)14-18-7-9-23(33-3,10-8-18)24(25,26)27/h5-6,13,17-18,21,30H,7-12,14-16H2,1-4H3. The lowest BCUT2D eigenvalue weighted by molar-refractivity contribution is -0.282. The molecule has 1 saturated carbocycles. The lowest BCUT2D eigenvalue weighted by Crippen LogP contribution is -2.57. The highest BCUT2D eigenvalue weighted by Crippen LogP contribution is 2.45. The van der Waals surface area contributed by atoms with Gasteiger partial charge in [-0.1, -0.05) is 19.9 Å². The number of aliphatic hydroxyl groups excluding tert-OH is 1. The molecule has 6 nitrogen and oxygen atoms in total. The van der Waals surface area contributed by atoms with Crippen LogP contribution in [0.5, 0.6) is 0 Å². The van der Waals surface area contributed by atoms with Gasteiger partial charge in [-0.2, -0.15) is 13.2 Å². The van der Waals surface area contributed by atoms with Gasteiger partial charge < -0.3 is 14.7 Å². The summed E-state index contributed by atoms with van der Waals surface area (Å²) in [7, 11) is -2.32. The van der Waals surface area contributed by atoms with Gasteiger partial charge in [0.15, 0.2) is 15.4 Å². The van der Waals surface area contributed by atoms with Crippen LogP contribution in [0.25, 0.3) is 0 Å². The Labute approximate surface area is 201 Å². The number of hydrogen-bond donors (Lipinski definition) is 1. The molecular formula is C24H37F3N2O4S. The van der Waals surface area contributed by atoms with Gasteiger partial charge in [-0.15, -0.1) is 0 Å². The van der Waals surface area contributed by atoms with Crippen molar-refractivity contribution in [3.05, 3.63) is 23.8 Å². The molecule has 1 saturated heterocycles. The summed E-state index contributed by atoms with van der Waals surface area (Å²) in [5, 5.41) is 9.53. The highest BCUT2D eigenvalue weighted by molar-refractivity contribution is 7.90. The fourth-order valence-corrected chi connectivity index (χ4v) is 6.36. The first-order chi connectivity index (χ1) is 15.8. The maximum Gasteiger partial charge on any atom is 0.417 e. The van der Waals surface area contributed by atoms with Crippen LogP contribution < -0.4 is 4.90 Å². The first-order valence-electron chi connectivity index (χ1n) is 11.9. The highest BCUT2D eigenvalue weighted by Gasteiger charge is 2.56. The Hall–Kier alpha value is -1.36. The van der Waals surface area contributed by atoms with E-state index >= 15 is 0 Å². The van der Waals surface area contributed by atoms with Crippen LogP contribution in [0.4, 0.5) is 18.9 Å². The third-order valence-corrected chi connectivity index (χ3v) is 8.78. The average molecular weight is 507 g/mol. The minimum absolute atomic E-state index is 0.00451. The van der Waals surface area contributed by atoms with Crippen molar-refractivity contribution in [3.63, 3.8) is 0 Å². The summed E-state index contributed by atoms with van der Waals surface area (Å²) in [6.45, 7) is 6.84. The molecule has 1 aliphatic heterocycles. The number of halogens is 3. The predicted octanol–water partition coefficient (Wildman–Crippen LogP) is 3.87. The second kappa shape index (κ2) is 10.3. The summed E-state index contributed by atoms with van der Waals surface area (Å²) in [6.07, 6.45) is -2.25. The zero-order valence-electron chi connectivity index (χ0n) is 20.4. The minimum Gasteiger partial charge on any atom is -0.392 e. The summed E-state index contributed by atoms with van der Waals surface area (Å²) in [6, 6.07) is 5.34. The first-order valence-corrected chi connectivity index (χ1v) is 13.7. The second-order valence-electron chi connectivity index (χ2n) is 10.1. The summed E-state index contributed by atoms with van der Waals surface area (Å²) in [4.78, 5) is 4.69. The molecule has 1 aliphatic carbocycles. The SMILES string of the molecule is COC1(C(F)(F)F)CCC(CN2CCN(c3ccc(CO)c(S(C)(=O)=O)c3)CC2C(C)C)CC1. The molecule has 3 rings (SSSR count). The van der Waals surface area contributed by atoms with Crippen LogP contribution in [-0.2, 0) is 21.2 Å². The molecule has 0 amide bonds. The fourth-order valence-electron chi connectivity index (χ4n) is 5.42. The third kappa shape index (κ3) is 5.71. The Balaban J connectivity index is 1.70. The van der Waals surface area contributed by atoms with E-state index in [0.29, 0.717) is 37.4 Å². The molecule has 10 heteroatoms. The fraction of sp³-hybridized carbons (Fsp3) is 0.750. The molecule has 1 unspecified atom stereocenters. The van der Waals surface area contributed by atoms with Crippen molar-refractivity contribution < 1.29 is 31.4 Å². The van der Waals surface area contributed by atoms with Gasteiger partial charge in [0.2, 0.25) is 0 Å². The van der Waals surface area contributed by atoms with Crippen molar-refractivity contribution in [2.24, 2.45) is 11.8 Å². The first kappa shape index (κ1) is 27.2. The molecule has 34 heavy (non-hydrogen) atoms. The van der Waals surface area contributed by atoms with Gasteiger partial charge >= 0.3 is 6.18 Å². The molecule has 1 aromatic carbocycles. The van der Waals surface area contributed by atoms with E-state index in [-0.39, 0.29) is 36.3 Å². The quantitative estimate of drug-likeness (QED) is 0.606. The van der Waals surface area contributed by atoms with E-state index in [1.165, 1.54) is 0 Å². The van der Waals surface area contributed by atoms with Gasteiger partial charge in [-0.05, 0) is 55.2 Å². The molecule has 0 spiro atoms. The van der Waals surface area contributed by atoms with Gasteiger partial charge in [0, 0.05) is 51.3 Å². The molecule has 1 atom stereocenters. The van der Waals surface area contributed by atoms with E-state index in [0.717, 1.165) is 32.1 Å². The van der Waals surface area contributed by atoms with Crippen LogP contribution in [0.3, 0.4) is 0 Å². The number of anilines is 1. The monoisotopic (exact) mass is 506 g/mol. The molecule has 194 valence electrons. The van der Waals surface area contributed by atoms with E-state index in [4.69, 9.17) is 4.74 Å². The van der Waals surface area contributed by atoms with E-state index < -0.39 is 21.6 Å². The number of piperazine rings is 1. The van der Waals surface area contributed by atoms with Crippen LogP contribution in [-0.4, -0.2) is 75.8 Å². The lowest BCUT2D eigenvalue weighted by atomic mass is 9.77. The van der Waals surface area contributed by atoms with Gasteiger partial charge in [0.1, 0.15) is 0 Å². The largest absolute Gasteiger partial charge is 0.417 e. The van der Waals surface area contributed by atoms with Crippen LogP contribution in [0.2, 0.25) is 0 Å². The maximum atomic E-state index is 13.5. The Morgan fingerprint density at radius 3 is 2.35 bits per heavy atom. The van der Waals surface area contributed by atoms with Crippen molar-refractivity contribution in [1.29, 1.82) is 0 Å². The number of rotatable bonds is 7. The summed E-state index contributed by atoms with van der Waals surface area (Å²) < 4.78 is 69.9. The molecule has 0 aromatic heterocycles. The van der Waals surface area contributed by atoms with Gasteiger partial charge in [-0.3, -0.25) is 4.90 Å². The second-order valence-corrected chi connectivity index (χ2v) is 12.1. The molecule has 1 N–H and O–H groups in total. The smallest absolute Gasteiger partial charge is 0.392 e. The molecule has 2 fully saturated rings. The van der Waals surface area contributed by atoms with E-state index in [2.05, 4.69) is 23.6 Å². The number of nitrogens with zero attached hydrogens (tertiary/aromatic N) is 2. The van der Waals surface area contributed by atoms with E-state index in [9.17, 15) is 26.7 Å². The molecular weight excluding hydrogens is 469 g/mol. The van der Waals surface area contributed by atoms with Crippen LogP contribution in [0.1, 0.15) is 45.1 Å². The Morgan fingerprint density at radius 2 is 1.85 bits per heavy atom. The predicted molar refractivity (Wildman–Crippen MR) is 126 cm³/mol. The molecule has 0 radical (unpaired) electrons. The number of methoxy groups -OCH3 is 1. The Kier molecular flexibility index (Phi) is 8.27. The summed E-state index contributed by atoms with van der Waals surface area (Å²) in [5.74, 6) is 0.518. The van der Waals surface area contributed by atoms with Crippen molar-refractivity contribution >= 4 is 15.5 Å². The van der Waals surface area contributed by atoms with Crippen LogP contribution in [0.15, 0.2) is 23.1 Å². The summed E-state index contributed by atoms with van der Waals surface area (Å²) in [5.41, 5.74) is -0.832. The van der Waals surface area contributed by atoms with Crippen molar-refractivity contribution in [1.82, 2.24) is 4.90 Å². The number of benzene rings is 1. The Morgan fingerprint density at radius 1 is 1.21 bits per heavy atom. The van der Waals surface area contributed by atoms with Gasteiger partial charge in [-0.25, -0.2) is 8.42 Å². The molecule has 1 aromatic rings. The zero-order chi connectivity index (χ0) is 25.3. The van der Waals surface area contributed by atoms with Crippen molar-refractivity contribution in [2.45, 2.75) is 68.9 Å². The third-order valence-electron chi connectivity index (χ3n) is 7.60. The zero-order valence-corrected chi connectivity index (χ0v) is 21.3. The van der Waals surface area contributed by atoms with Crippen LogP contribution >= 0.6 is 0 Å². The number of alkyl halides is 3. The van der Waals surface area contributed by atoms with Gasteiger partial charge in [0.05, 0.1) is 11.5 Å². The lowest BCUT2D eigenvalue weighted by Gasteiger charge is -2.47. The number of ether oxygens (including phenoxy) is 1. The van der Waals surface area contributed by atoms with Crippen LogP contribution in [0, 0.1) is 11.8 Å². The molecule has 1 heterocycles. The van der Waals surface area contributed by atoms with E-state index in [1.807, 2.05) is 6.07 Å². The topological polar surface area (TPSA) is 70.1 Å². The average Bonchev–Trinajstić information content (AvgIpc) is 2.78. The normalized spacial score (nSPS) is 27.4. The number of hydrogen-bond acceptors (Lipinski definition) is 6. The maximum absolute atomic E-state index is 13.5.